The molecule has 2 aromatic heterocycles. The Hall–Kier alpha value is -4.11. The van der Waals surface area contributed by atoms with E-state index in [1.807, 2.05) is 36.4 Å². The van der Waals surface area contributed by atoms with Gasteiger partial charge in [-0.05, 0) is 36.2 Å². The molecule has 2 aromatic carbocycles. The summed E-state index contributed by atoms with van der Waals surface area (Å²) in [4.78, 5) is 8.58. The molecule has 29 heavy (non-hydrogen) atoms. The van der Waals surface area contributed by atoms with E-state index in [0.29, 0.717) is 17.1 Å². The van der Waals surface area contributed by atoms with E-state index in [9.17, 15) is 5.26 Å². The maximum Gasteiger partial charge on any atom is 0.146 e. The summed E-state index contributed by atoms with van der Waals surface area (Å²) in [5, 5.41) is 14.0. The van der Waals surface area contributed by atoms with Crippen LogP contribution < -0.4 is 16.8 Å². The SMILES string of the molecule is CC(Nc1c(C#N)cnc2ccc(-c3cnc(N)c(N)c3)cc12)c1ccccc1. The first-order chi connectivity index (χ1) is 14.1. The van der Waals surface area contributed by atoms with Gasteiger partial charge in [0.1, 0.15) is 11.9 Å². The highest BCUT2D eigenvalue weighted by Crippen LogP contribution is 2.33. The van der Waals surface area contributed by atoms with Gasteiger partial charge in [0.05, 0.1) is 22.5 Å². The second-order valence-corrected chi connectivity index (χ2v) is 6.87. The molecule has 1 unspecified atom stereocenters. The van der Waals surface area contributed by atoms with Crippen molar-refractivity contribution < 1.29 is 0 Å². The first-order valence-electron chi connectivity index (χ1n) is 9.22. The van der Waals surface area contributed by atoms with Crippen molar-refractivity contribution in [3.05, 3.63) is 78.1 Å². The van der Waals surface area contributed by atoms with Crippen LogP contribution in [0.4, 0.5) is 17.2 Å². The Kier molecular flexibility index (Phi) is 4.71. The molecule has 0 fully saturated rings. The van der Waals surface area contributed by atoms with E-state index < -0.39 is 0 Å². The monoisotopic (exact) mass is 380 g/mol. The zero-order chi connectivity index (χ0) is 20.4. The molecule has 0 aliphatic rings. The van der Waals surface area contributed by atoms with E-state index in [4.69, 9.17) is 11.5 Å². The van der Waals surface area contributed by atoms with Gasteiger partial charge in [0.2, 0.25) is 0 Å². The summed E-state index contributed by atoms with van der Waals surface area (Å²) < 4.78 is 0. The van der Waals surface area contributed by atoms with Gasteiger partial charge < -0.3 is 16.8 Å². The van der Waals surface area contributed by atoms with Crippen LogP contribution >= 0.6 is 0 Å². The van der Waals surface area contributed by atoms with Crippen LogP contribution in [0.2, 0.25) is 0 Å². The number of nitrogens with one attached hydrogen (secondary N) is 1. The first-order valence-corrected chi connectivity index (χ1v) is 9.22. The number of hydrogen-bond acceptors (Lipinski definition) is 6. The average molecular weight is 380 g/mol. The average Bonchev–Trinajstić information content (AvgIpc) is 2.76. The van der Waals surface area contributed by atoms with Crippen molar-refractivity contribution in [1.29, 1.82) is 5.26 Å². The summed E-state index contributed by atoms with van der Waals surface area (Å²) in [7, 11) is 0. The van der Waals surface area contributed by atoms with Crippen molar-refractivity contribution in [2.24, 2.45) is 0 Å². The third-order valence-corrected chi connectivity index (χ3v) is 4.93. The van der Waals surface area contributed by atoms with Crippen molar-refractivity contribution in [1.82, 2.24) is 9.97 Å². The van der Waals surface area contributed by atoms with Crippen LogP contribution in [0, 0.1) is 11.3 Å². The van der Waals surface area contributed by atoms with Gasteiger partial charge >= 0.3 is 0 Å². The van der Waals surface area contributed by atoms with Gasteiger partial charge in [0.15, 0.2) is 0 Å². The minimum absolute atomic E-state index is 0.0198. The fraction of sp³-hybridized carbons (Fsp3) is 0.0870. The lowest BCUT2D eigenvalue weighted by Gasteiger charge is -2.18. The highest BCUT2D eigenvalue weighted by atomic mass is 14.9. The van der Waals surface area contributed by atoms with Crippen LogP contribution in [0.3, 0.4) is 0 Å². The molecule has 1 atom stereocenters. The van der Waals surface area contributed by atoms with E-state index in [1.165, 1.54) is 0 Å². The van der Waals surface area contributed by atoms with Gasteiger partial charge in [0.25, 0.3) is 0 Å². The molecule has 0 spiro atoms. The largest absolute Gasteiger partial charge is 0.396 e. The topological polar surface area (TPSA) is 114 Å². The number of rotatable bonds is 4. The first kappa shape index (κ1) is 18.3. The van der Waals surface area contributed by atoms with Crippen molar-refractivity contribution in [2.75, 3.05) is 16.8 Å². The zero-order valence-electron chi connectivity index (χ0n) is 15.9. The number of nitriles is 1. The lowest BCUT2D eigenvalue weighted by Crippen LogP contribution is -2.08. The number of nitrogen functional groups attached to an aromatic ring is 2. The minimum Gasteiger partial charge on any atom is -0.396 e. The summed E-state index contributed by atoms with van der Waals surface area (Å²) in [5.41, 5.74) is 17.0. The van der Waals surface area contributed by atoms with Crippen molar-refractivity contribution in [3.63, 3.8) is 0 Å². The van der Waals surface area contributed by atoms with E-state index >= 15 is 0 Å². The summed E-state index contributed by atoms with van der Waals surface area (Å²) in [5.74, 6) is 0.307. The highest BCUT2D eigenvalue weighted by Gasteiger charge is 2.14. The molecule has 0 aliphatic carbocycles. The van der Waals surface area contributed by atoms with Gasteiger partial charge in [-0.1, -0.05) is 36.4 Å². The number of aromatic nitrogens is 2. The van der Waals surface area contributed by atoms with E-state index in [1.54, 1.807) is 18.5 Å². The lowest BCUT2D eigenvalue weighted by atomic mass is 10.0. The van der Waals surface area contributed by atoms with E-state index in [-0.39, 0.29) is 6.04 Å². The minimum atomic E-state index is 0.0198. The molecule has 0 saturated carbocycles. The quantitative estimate of drug-likeness (QED) is 0.480. The Balaban J connectivity index is 1.83. The normalized spacial score (nSPS) is 11.7. The third-order valence-electron chi connectivity index (χ3n) is 4.93. The Morgan fingerprint density at radius 3 is 2.48 bits per heavy atom. The number of hydrogen-bond donors (Lipinski definition) is 3. The van der Waals surface area contributed by atoms with Crippen LogP contribution in [0.5, 0.6) is 0 Å². The third kappa shape index (κ3) is 3.54. The Morgan fingerprint density at radius 2 is 1.76 bits per heavy atom. The molecule has 0 saturated heterocycles. The zero-order valence-corrected chi connectivity index (χ0v) is 15.9. The molecule has 0 aliphatic heterocycles. The summed E-state index contributed by atoms with van der Waals surface area (Å²) in [6.45, 7) is 2.07. The summed E-state index contributed by atoms with van der Waals surface area (Å²) in [6, 6.07) is 20.0. The summed E-state index contributed by atoms with van der Waals surface area (Å²) >= 11 is 0. The van der Waals surface area contributed by atoms with E-state index in [0.717, 1.165) is 33.3 Å². The summed E-state index contributed by atoms with van der Waals surface area (Å²) in [6.07, 6.45) is 3.29. The molecule has 6 heteroatoms. The second kappa shape index (κ2) is 7.49. The highest BCUT2D eigenvalue weighted by molar-refractivity contribution is 5.97. The lowest BCUT2D eigenvalue weighted by molar-refractivity contribution is 0.885. The predicted octanol–water partition coefficient (Wildman–Crippen LogP) is 4.51. The number of nitrogens with two attached hydrogens (primary N) is 2. The van der Waals surface area contributed by atoms with Crippen molar-refractivity contribution in [3.8, 4) is 17.2 Å². The maximum atomic E-state index is 9.64. The number of pyridine rings is 2. The number of fused-ring (bicyclic) bond motifs is 1. The second-order valence-electron chi connectivity index (χ2n) is 6.87. The van der Waals surface area contributed by atoms with E-state index in [2.05, 4.69) is 40.4 Å². The smallest absolute Gasteiger partial charge is 0.146 e. The molecule has 2 heterocycles. The molecule has 4 rings (SSSR count). The van der Waals surface area contributed by atoms with Crippen LogP contribution in [0.1, 0.15) is 24.1 Å². The van der Waals surface area contributed by atoms with Gasteiger partial charge in [-0.15, -0.1) is 0 Å². The fourth-order valence-corrected chi connectivity index (χ4v) is 3.30. The molecule has 4 aromatic rings. The molecular formula is C23H20N6. The van der Waals surface area contributed by atoms with Gasteiger partial charge in [0, 0.05) is 29.4 Å². The Labute approximate surface area is 168 Å². The van der Waals surface area contributed by atoms with Gasteiger partial charge in [-0.2, -0.15) is 5.26 Å². The number of benzene rings is 2. The molecule has 0 radical (unpaired) electrons. The van der Waals surface area contributed by atoms with Crippen LogP contribution in [-0.2, 0) is 0 Å². The molecule has 142 valence electrons. The number of anilines is 3. The van der Waals surface area contributed by atoms with Crippen molar-refractivity contribution >= 4 is 28.1 Å². The van der Waals surface area contributed by atoms with Crippen molar-refractivity contribution in [2.45, 2.75) is 13.0 Å². The Morgan fingerprint density at radius 1 is 0.966 bits per heavy atom. The van der Waals surface area contributed by atoms with Crippen LogP contribution in [0.25, 0.3) is 22.0 Å². The standard InChI is InChI=1S/C23H20N6/c1-14(15-5-3-2-4-6-15)29-22-18(11-24)13-27-21-8-7-16(9-19(21)22)17-10-20(25)23(26)28-12-17/h2-10,12-14H,25H2,1H3,(H2,26,28)(H,27,29). The predicted molar refractivity (Wildman–Crippen MR) is 117 cm³/mol. The fourth-order valence-electron chi connectivity index (χ4n) is 3.30. The molecule has 0 amide bonds. The molecule has 0 bridgehead atoms. The van der Waals surface area contributed by atoms with Crippen LogP contribution in [-0.4, -0.2) is 9.97 Å². The molecule has 6 nitrogen and oxygen atoms in total. The maximum absolute atomic E-state index is 9.64. The molecule has 5 N–H and O–H groups in total. The van der Waals surface area contributed by atoms with Gasteiger partial charge in [-0.25, -0.2) is 4.98 Å². The number of nitrogens with zero attached hydrogens (tertiary/aromatic N) is 3. The van der Waals surface area contributed by atoms with Crippen LogP contribution in [0.15, 0.2) is 67.0 Å². The Bertz CT molecular complexity index is 1230. The molecular weight excluding hydrogens is 360 g/mol. The van der Waals surface area contributed by atoms with Gasteiger partial charge in [-0.3, -0.25) is 4.98 Å².